The molecule has 3 heterocycles. The molecule has 0 saturated heterocycles. The van der Waals surface area contributed by atoms with Crippen molar-refractivity contribution in [1.29, 1.82) is 0 Å². The van der Waals surface area contributed by atoms with Gasteiger partial charge in [-0.2, -0.15) is 0 Å². The molecule has 2 aromatic heterocycles. The number of carbonyl (C=O) groups excluding carboxylic acids is 1. The van der Waals surface area contributed by atoms with Gasteiger partial charge in [0.25, 0.3) is 5.78 Å². The lowest BCUT2D eigenvalue weighted by Gasteiger charge is -2.21. The van der Waals surface area contributed by atoms with E-state index >= 15 is 0 Å². The number of aromatic nitrogens is 5. The van der Waals surface area contributed by atoms with Crippen LogP contribution >= 0.6 is 12.2 Å². The predicted molar refractivity (Wildman–Crippen MR) is 119 cm³/mol. The molecule has 1 aliphatic heterocycles. The van der Waals surface area contributed by atoms with Crippen molar-refractivity contribution in [3.05, 3.63) is 71.7 Å². The lowest BCUT2D eigenvalue weighted by molar-refractivity contribution is -0.121. The fraction of sp³-hybridized carbons (Fsp3) is 0.100. The van der Waals surface area contributed by atoms with Gasteiger partial charge in [0.15, 0.2) is 5.11 Å². The number of nitrogens with one attached hydrogen (secondary N) is 4. The van der Waals surface area contributed by atoms with Gasteiger partial charge in [0.05, 0.1) is 6.42 Å². The number of fused-ring (bicyclic) bond motifs is 4. The maximum Gasteiger partial charge on any atom is 0.275 e. The summed E-state index contributed by atoms with van der Waals surface area (Å²) in [6.07, 6.45) is 0.607. The van der Waals surface area contributed by atoms with Crippen molar-refractivity contribution in [3.8, 4) is 0 Å². The Kier molecular flexibility index (Phi) is 4.84. The van der Waals surface area contributed by atoms with Crippen molar-refractivity contribution in [1.82, 2.24) is 35.6 Å². The molecule has 11 heteroatoms. The summed E-state index contributed by atoms with van der Waals surface area (Å²) in [7, 11) is 0. The highest BCUT2D eigenvalue weighted by atomic mass is 32.1. The number of benzene rings is 2. The predicted octanol–water partition coefficient (Wildman–Crippen LogP) is 1.73. The van der Waals surface area contributed by atoms with E-state index in [1.807, 2.05) is 54.6 Å². The van der Waals surface area contributed by atoms with Gasteiger partial charge in [0.2, 0.25) is 5.91 Å². The number of carbonyl (C=O) groups is 1. The highest BCUT2D eigenvalue weighted by molar-refractivity contribution is 7.80. The Morgan fingerprint density at radius 3 is 2.65 bits per heavy atom. The van der Waals surface area contributed by atoms with E-state index in [2.05, 4.69) is 41.9 Å². The van der Waals surface area contributed by atoms with Crippen LogP contribution in [0.4, 0.5) is 17.2 Å². The van der Waals surface area contributed by atoms with E-state index in [0.717, 1.165) is 22.6 Å². The Bertz CT molecular complexity index is 1290. The number of nitrogens with zero attached hydrogens (tertiary/aromatic N) is 5. The standard InChI is InChI=1S/C20H17N9OS/c30-17(25-28-20(31)21-13-7-2-1-3-8-13)11-16-24-27-19-26-23-15-10-12-6-4-5-9-14(12)22-18(15)29(16)19/h1-9,22H,10-11H2,(H,25,30)(H2,21,28,31). The Morgan fingerprint density at radius 2 is 1.77 bits per heavy atom. The monoisotopic (exact) mass is 431 g/mol. The van der Waals surface area contributed by atoms with Crippen LogP contribution in [0.2, 0.25) is 0 Å². The van der Waals surface area contributed by atoms with E-state index < -0.39 is 0 Å². The second kappa shape index (κ2) is 7.95. The summed E-state index contributed by atoms with van der Waals surface area (Å²) in [5.74, 6) is 1.15. The number of rotatable bonds is 3. The smallest absolute Gasteiger partial charge is 0.275 e. The van der Waals surface area contributed by atoms with Crippen molar-refractivity contribution in [2.75, 3.05) is 10.6 Å². The van der Waals surface area contributed by atoms with E-state index in [4.69, 9.17) is 12.2 Å². The first kappa shape index (κ1) is 18.9. The van der Waals surface area contributed by atoms with Gasteiger partial charge >= 0.3 is 0 Å². The number of hydrogen-bond donors (Lipinski definition) is 4. The van der Waals surface area contributed by atoms with E-state index in [1.54, 1.807) is 4.40 Å². The highest BCUT2D eigenvalue weighted by Gasteiger charge is 2.23. The molecular formula is C20H17N9OS. The SMILES string of the molecule is O=C(Cc1nnc2nnc3c(n12)Nc1ccccc1C3)NNC(=S)Nc1ccccc1. The molecule has 0 fully saturated rings. The molecule has 31 heavy (non-hydrogen) atoms. The summed E-state index contributed by atoms with van der Waals surface area (Å²) in [5, 5.41) is 23.2. The number of para-hydroxylation sites is 2. The van der Waals surface area contributed by atoms with E-state index in [-0.39, 0.29) is 17.4 Å². The zero-order chi connectivity index (χ0) is 21.2. The molecule has 0 aliphatic carbocycles. The molecule has 1 amide bonds. The molecule has 0 unspecified atom stereocenters. The number of thiocarbonyl (C=S) groups is 1. The molecule has 0 atom stereocenters. The summed E-state index contributed by atoms with van der Waals surface area (Å²) in [6.45, 7) is 0. The van der Waals surface area contributed by atoms with Gasteiger partial charge in [-0.25, -0.2) is 4.40 Å². The van der Waals surface area contributed by atoms with Gasteiger partial charge in [-0.05, 0) is 36.0 Å². The van der Waals surface area contributed by atoms with Gasteiger partial charge in [0.1, 0.15) is 17.3 Å². The first-order valence-corrected chi connectivity index (χ1v) is 9.93. The van der Waals surface area contributed by atoms with E-state index in [9.17, 15) is 4.79 Å². The lowest BCUT2D eigenvalue weighted by atomic mass is 10.0. The normalized spacial score (nSPS) is 11.7. The third kappa shape index (κ3) is 3.85. The van der Waals surface area contributed by atoms with Crippen LogP contribution in [-0.4, -0.2) is 35.8 Å². The van der Waals surface area contributed by atoms with Crippen molar-refractivity contribution in [2.45, 2.75) is 12.8 Å². The molecule has 5 rings (SSSR count). The molecule has 10 nitrogen and oxygen atoms in total. The average molecular weight is 431 g/mol. The maximum absolute atomic E-state index is 12.5. The largest absolute Gasteiger partial charge is 0.339 e. The van der Waals surface area contributed by atoms with Gasteiger partial charge in [-0.15, -0.1) is 20.4 Å². The second-order valence-electron chi connectivity index (χ2n) is 6.88. The van der Waals surface area contributed by atoms with Gasteiger partial charge in [0, 0.05) is 17.8 Å². The Labute approximate surface area is 182 Å². The summed E-state index contributed by atoms with van der Waals surface area (Å²) in [5.41, 5.74) is 8.94. The van der Waals surface area contributed by atoms with Gasteiger partial charge in [-0.3, -0.25) is 15.6 Å². The first-order valence-electron chi connectivity index (χ1n) is 9.53. The Hall–Kier alpha value is -4.12. The summed E-state index contributed by atoms with van der Waals surface area (Å²) < 4.78 is 1.72. The molecule has 0 saturated carbocycles. The van der Waals surface area contributed by atoms with Crippen molar-refractivity contribution in [2.24, 2.45) is 0 Å². The Morgan fingerprint density at radius 1 is 1.00 bits per heavy atom. The molecule has 0 radical (unpaired) electrons. The highest BCUT2D eigenvalue weighted by Crippen LogP contribution is 2.31. The van der Waals surface area contributed by atoms with Crippen LogP contribution in [0, 0.1) is 0 Å². The number of anilines is 3. The lowest BCUT2D eigenvalue weighted by Crippen LogP contribution is -2.44. The van der Waals surface area contributed by atoms with Crippen LogP contribution in [0.1, 0.15) is 17.1 Å². The molecular weight excluding hydrogens is 414 g/mol. The van der Waals surface area contributed by atoms with Crippen LogP contribution in [0.3, 0.4) is 0 Å². The average Bonchev–Trinajstić information content (AvgIpc) is 3.20. The van der Waals surface area contributed by atoms with Crippen LogP contribution < -0.4 is 21.5 Å². The van der Waals surface area contributed by atoms with E-state index in [1.165, 1.54) is 0 Å². The van der Waals surface area contributed by atoms with Gasteiger partial charge < -0.3 is 10.6 Å². The molecule has 1 aliphatic rings. The van der Waals surface area contributed by atoms with Gasteiger partial charge in [-0.1, -0.05) is 36.4 Å². The van der Waals surface area contributed by atoms with Crippen LogP contribution in [-0.2, 0) is 17.6 Å². The Balaban J connectivity index is 1.30. The molecule has 2 aromatic carbocycles. The first-order chi connectivity index (χ1) is 15.2. The number of hydrogen-bond acceptors (Lipinski definition) is 7. The number of hydrazine groups is 1. The minimum atomic E-state index is -0.326. The maximum atomic E-state index is 12.5. The third-order valence-electron chi connectivity index (χ3n) is 4.76. The quantitative estimate of drug-likeness (QED) is 0.250. The third-order valence-corrected chi connectivity index (χ3v) is 4.97. The van der Waals surface area contributed by atoms with Crippen molar-refractivity contribution < 1.29 is 4.79 Å². The van der Waals surface area contributed by atoms with Crippen LogP contribution in [0.15, 0.2) is 54.6 Å². The molecule has 0 bridgehead atoms. The second-order valence-corrected chi connectivity index (χ2v) is 7.28. The summed E-state index contributed by atoms with van der Waals surface area (Å²) in [4.78, 5) is 12.5. The topological polar surface area (TPSA) is 121 Å². The minimum Gasteiger partial charge on any atom is -0.339 e. The summed E-state index contributed by atoms with van der Waals surface area (Å²) >= 11 is 5.20. The molecule has 154 valence electrons. The molecule has 4 N–H and O–H groups in total. The minimum absolute atomic E-state index is 0.0242. The fourth-order valence-corrected chi connectivity index (χ4v) is 3.52. The zero-order valence-electron chi connectivity index (χ0n) is 16.2. The van der Waals surface area contributed by atoms with Crippen molar-refractivity contribution in [3.63, 3.8) is 0 Å². The fourth-order valence-electron chi connectivity index (χ4n) is 3.35. The zero-order valence-corrected chi connectivity index (χ0v) is 17.0. The summed E-state index contributed by atoms with van der Waals surface area (Å²) in [6, 6.07) is 17.4. The van der Waals surface area contributed by atoms with E-state index in [0.29, 0.717) is 23.8 Å². The van der Waals surface area contributed by atoms with Crippen LogP contribution in [0.25, 0.3) is 5.78 Å². The van der Waals surface area contributed by atoms with Crippen LogP contribution in [0.5, 0.6) is 0 Å². The molecule has 0 spiro atoms. The van der Waals surface area contributed by atoms with Crippen molar-refractivity contribution >= 4 is 46.2 Å². The molecule has 4 aromatic rings. The number of amides is 1.